The summed E-state index contributed by atoms with van der Waals surface area (Å²) in [5.74, 6) is 2.24. The maximum absolute atomic E-state index is 11.0. The molecule has 3 nitrogen and oxygen atoms in total. The number of amides is 1. The van der Waals surface area contributed by atoms with Gasteiger partial charge < -0.3 is 10.1 Å². The first-order valence-electron chi connectivity index (χ1n) is 5.27. The number of carbonyl (C=O) groups excluding carboxylic acids is 1. The largest absolute Gasteiger partial charge is 0.494 e. The van der Waals surface area contributed by atoms with Gasteiger partial charge in [0.25, 0.3) is 0 Å². The number of para-hydroxylation sites is 1. The highest BCUT2D eigenvalue weighted by Crippen LogP contribution is 2.22. The molecule has 0 saturated heterocycles. The van der Waals surface area contributed by atoms with Crippen LogP contribution in [-0.2, 0) is 10.5 Å². The molecular weight excluding hydrogens is 222 g/mol. The number of carbonyl (C=O) groups is 1. The summed E-state index contributed by atoms with van der Waals surface area (Å²) in [7, 11) is 1.65. The second-order valence-electron chi connectivity index (χ2n) is 3.21. The zero-order valence-electron chi connectivity index (χ0n) is 9.66. The van der Waals surface area contributed by atoms with Crippen LogP contribution in [0.25, 0.3) is 0 Å². The van der Waals surface area contributed by atoms with Crippen molar-refractivity contribution in [1.82, 2.24) is 5.32 Å². The van der Waals surface area contributed by atoms with Crippen LogP contribution in [0.5, 0.6) is 5.75 Å². The molecule has 1 N–H and O–H groups in total. The Balaban J connectivity index is 2.49. The van der Waals surface area contributed by atoms with Crippen LogP contribution in [0.1, 0.15) is 12.5 Å². The molecule has 1 amide bonds. The number of benzene rings is 1. The van der Waals surface area contributed by atoms with E-state index in [1.807, 2.05) is 31.2 Å². The fraction of sp³-hybridized carbons (Fsp3) is 0.417. The topological polar surface area (TPSA) is 38.3 Å². The number of ether oxygens (including phenoxy) is 1. The number of hydrogen-bond acceptors (Lipinski definition) is 3. The van der Waals surface area contributed by atoms with Crippen LogP contribution in [0.2, 0.25) is 0 Å². The smallest absolute Gasteiger partial charge is 0.229 e. The quantitative estimate of drug-likeness (QED) is 0.826. The van der Waals surface area contributed by atoms with E-state index < -0.39 is 0 Å². The van der Waals surface area contributed by atoms with Gasteiger partial charge in [-0.15, -0.1) is 11.8 Å². The van der Waals surface area contributed by atoms with Gasteiger partial charge in [0.15, 0.2) is 0 Å². The van der Waals surface area contributed by atoms with Crippen LogP contribution in [0.3, 0.4) is 0 Å². The van der Waals surface area contributed by atoms with E-state index in [4.69, 9.17) is 4.74 Å². The Morgan fingerprint density at radius 3 is 2.88 bits per heavy atom. The minimum atomic E-state index is 0.0545. The molecule has 16 heavy (non-hydrogen) atoms. The standard InChI is InChI=1S/C12H17NO2S/c1-3-15-11-7-5-4-6-10(11)8-16-9-12(14)13-2/h4-7H,3,8-9H2,1-2H3,(H,13,14). The van der Waals surface area contributed by atoms with Crippen molar-refractivity contribution in [1.29, 1.82) is 0 Å². The lowest BCUT2D eigenvalue weighted by Gasteiger charge is -2.09. The molecule has 0 unspecified atom stereocenters. The summed E-state index contributed by atoms with van der Waals surface area (Å²) in [5.41, 5.74) is 1.14. The van der Waals surface area contributed by atoms with E-state index in [2.05, 4.69) is 5.32 Å². The average molecular weight is 239 g/mol. The van der Waals surface area contributed by atoms with E-state index in [1.54, 1.807) is 18.8 Å². The van der Waals surface area contributed by atoms with Gasteiger partial charge >= 0.3 is 0 Å². The third-order valence-corrected chi connectivity index (χ3v) is 3.02. The molecule has 0 aliphatic carbocycles. The Hall–Kier alpha value is -1.16. The summed E-state index contributed by atoms with van der Waals surface area (Å²) in [4.78, 5) is 11.0. The van der Waals surface area contributed by atoms with Gasteiger partial charge in [-0.2, -0.15) is 0 Å². The fourth-order valence-corrected chi connectivity index (χ4v) is 2.14. The van der Waals surface area contributed by atoms with Crippen LogP contribution in [0.4, 0.5) is 0 Å². The van der Waals surface area contributed by atoms with E-state index in [1.165, 1.54) is 0 Å². The molecule has 4 heteroatoms. The van der Waals surface area contributed by atoms with Crippen molar-refractivity contribution in [3.05, 3.63) is 29.8 Å². The lowest BCUT2D eigenvalue weighted by molar-refractivity contribution is -0.118. The highest BCUT2D eigenvalue weighted by Gasteiger charge is 2.04. The average Bonchev–Trinajstić information content (AvgIpc) is 2.31. The predicted octanol–water partition coefficient (Wildman–Crippen LogP) is 2.06. The van der Waals surface area contributed by atoms with Crippen molar-refractivity contribution in [2.45, 2.75) is 12.7 Å². The van der Waals surface area contributed by atoms with E-state index >= 15 is 0 Å². The van der Waals surface area contributed by atoms with E-state index in [9.17, 15) is 4.79 Å². The Labute approximate surface area is 101 Å². The maximum atomic E-state index is 11.0. The monoisotopic (exact) mass is 239 g/mol. The summed E-state index contributed by atoms with van der Waals surface area (Å²) in [5, 5.41) is 2.60. The summed E-state index contributed by atoms with van der Waals surface area (Å²) >= 11 is 1.59. The first kappa shape index (κ1) is 12.9. The van der Waals surface area contributed by atoms with Gasteiger partial charge in [0.1, 0.15) is 5.75 Å². The zero-order valence-corrected chi connectivity index (χ0v) is 10.5. The Bertz CT molecular complexity index is 342. The molecule has 0 heterocycles. The van der Waals surface area contributed by atoms with Gasteiger partial charge in [-0.3, -0.25) is 4.79 Å². The van der Waals surface area contributed by atoms with Gasteiger partial charge in [0.2, 0.25) is 5.91 Å². The highest BCUT2D eigenvalue weighted by molar-refractivity contribution is 7.99. The molecule has 88 valence electrons. The molecule has 0 radical (unpaired) electrons. The molecule has 0 aliphatic rings. The van der Waals surface area contributed by atoms with Gasteiger partial charge in [0, 0.05) is 18.4 Å². The van der Waals surface area contributed by atoms with E-state index in [0.29, 0.717) is 12.4 Å². The van der Waals surface area contributed by atoms with Crippen LogP contribution in [0, 0.1) is 0 Å². The number of hydrogen-bond donors (Lipinski definition) is 1. The molecule has 0 saturated carbocycles. The third kappa shape index (κ3) is 4.14. The fourth-order valence-electron chi connectivity index (χ4n) is 1.25. The lowest BCUT2D eigenvalue weighted by Crippen LogP contribution is -2.19. The Kier molecular flexibility index (Phi) is 5.78. The van der Waals surface area contributed by atoms with Crippen molar-refractivity contribution in [3.63, 3.8) is 0 Å². The van der Waals surface area contributed by atoms with Crippen LogP contribution >= 0.6 is 11.8 Å². The summed E-state index contributed by atoms with van der Waals surface area (Å²) in [6, 6.07) is 7.93. The lowest BCUT2D eigenvalue weighted by atomic mass is 10.2. The third-order valence-electron chi connectivity index (χ3n) is 2.04. The SMILES string of the molecule is CCOc1ccccc1CSCC(=O)NC. The normalized spacial score (nSPS) is 9.88. The highest BCUT2D eigenvalue weighted by atomic mass is 32.2. The van der Waals surface area contributed by atoms with Crippen molar-refractivity contribution in [3.8, 4) is 5.75 Å². The van der Waals surface area contributed by atoms with Crippen LogP contribution < -0.4 is 10.1 Å². The summed E-state index contributed by atoms with van der Waals surface area (Å²) < 4.78 is 5.51. The van der Waals surface area contributed by atoms with Crippen molar-refractivity contribution in [2.75, 3.05) is 19.4 Å². The number of nitrogens with one attached hydrogen (secondary N) is 1. The molecule has 0 aromatic heterocycles. The van der Waals surface area contributed by atoms with E-state index in [0.717, 1.165) is 17.1 Å². The molecule has 1 aromatic rings. The predicted molar refractivity (Wildman–Crippen MR) is 67.8 cm³/mol. The van der Waals surface area contributed by atoms with Gasteiger partial charge in [-0.05, 0) is 13.0 Å². The minimum Gasteiger partial charge on any atom is -0.494 e. The summed E-state index contributed by atoms with van der Waals surface area (Å²) in [6.45, 7) is 2.63. The van der Waals surface area contributed by atoms with Crippen LogP contribution in [0.15, 0.2) is 24.3 Å². The first-order valence-corrected chi connectivity index (χ1v) is 6.42. The zero-order chi connectivity index (χ0) is 11.8. The molecule has 0 aliphatic heterocycles. The second kappa shape index (κ2) is 7.17. The van der Waals surface area contributed by atoms with Gasteiger partial charge in [-0.1, -0.05) is 18.2 Å². The van der Waals surface area contributed by atoms with Crippen molar-refractivity contribution >= 4 is 17.7 Å². The number of thioether (sulfide) groups is 1. The van der Waals surface area contributed by atoms with Crippen molar-refractivity contribution in [2.24, 2.45) is 0 Å². The van der Waals surface area contributed by atoms with Crippen LogP contribution in [-0.4, -0.2) is 25.3 Å². The first-order chi connectivity index (χ1) is 7.77. The second-order valence-corrected chi connectivity index (χ2v) is 4.19. The molecule has 0 fully saturated rings. The van der Waals surface area contributed by atoms with E-state index in [-0.39, 0.29) is 5.91 Å². The Morgan fingerprint density at radius 2 is 2.19 bits per heavy atom. The maximum Gasteiger partial charge on any atom is 0.229 e. The molecule has 0 bridgehead atoms. The molecular formula is C12H17NO2S. The molecule has 1 aromatic carbocycles. The van der Waals surface area contributed by atoms with Crippen molar-refractivity contribution < 1.29 is 9.53 Å². The molecule has 0 atom stereocenters. The van der Waals surface area contributed by atoms with Gasteiger partial charge in [0.05, 0.1) is 12.4 Å². The number of rotatable bonds is 6. The Morgan fingerprint density at radius 1 is 1.44 bits per heavy atom. The summed E-state index contributed by atoms with van der Waals surface area (Å²) in [6.07, 6.45) is 0. The van der Waals surface area contributed by atoms with Gasteiger partial charge in [-0.25, -0.2) is 0 Å². The molecule has 0 spiro atoms. The minimum absolute atomic E-state index is 0.0545. The molecule has 1 rings (SSSR count).